The van der Waals surface area contributed by atoms with E-state index in [-0.39, 0.29) is 11.5 Å². The molecule has 3 heteroatoms. The highest BCUT2D eigenvalue weighted by molar-refractivity contribution is 5.86. The molecule has 1 spiro atoms. The molecular formula is C48H56N2O. The Bertz CT molecular complexity index is 1880. The van der Waals surface area contributed by atoms with Crippen LogP contribution in [-0.2, 0) is 5.41 Å². The standard InChI is InChI=1S/C48H56N2O/c1-31-45(33-15-4-2-5-16-33)49-47(35-17-6-3-7-18-35)50-46(31)34-29-27-32(28-30-34)36-20-14-24-41-44(36)37-19-8-9-21-38(37)48(41)39-22-10-12-25-42(39)51-43-26-13-11-23-40(43)48/h2,4,8,10,12,15,19,22,25,27,29-32,35-36,45-46H,3,5-7,9,11,13-14,16-18,20-21,23-24,26,28H2,1H3,(H,49,50). The van der Waals surface area contributed by atoms with Crippen LogP contribution in [0.15, 0.2) is 123 Å². The van der Waals surface area contributed by atoms with Gasteiger partial charge in [-0.3, -0.25) is 4.99 Å². The molecule has 6 atom stereocenters. The Hall–Kier alpha value is -3.59. The number of hydrogen-bond acceptors (Lipinski definition) is 3. The third-order valence-electron chi connectivity index (χ3n) is 14.5. The zero-order valence-electron chi connectivity index (χ0n) is 30.8. The van der Waals surface area contributed by atoms with Crippen molar-refractivity contribution in [2.45, 2.75) is 134 Å². The van der Waals surface area contributed by atoms with E-state index in [4.69, 9.17) is 9.73 Å². The van der Waals surface area contributed by atoms with Crippen molar-refractivity contribution in [2.24, 2.45) is 28.7 Å². The van der Waals surface area contributed by atoms with Crippen LogP contribution in [0.1, 0.15) is 122 Å². The lowest BCUT2D eigenvalue weighted by molar-refractivity contribution is 0.324. The van der Waals surface area contributed by atoms with E-state index in [1.54, 1.807) is 27.9 Å². The predicted octanol–water partition coefficient (Wildman–Crippen LogP) is 11.6. The van der Waals surface area contributed by atoms with E-state index >= 15 is 0 Å². The number of ether oxygens (including phenoxy) is 1. The number of amidine groups is 1. The Kier molecular flexibility index (Phi) is 8.25. The first-order valence-electron chi connectivity index (χ1n) is 20.9. The van der Waals surface area contributed by atoms with Crippen LogP contribution >= 0.6 is 0 Å². The zero-order valence-corrected chi connectivity index (χ0v) is 30.8. The third-order valence-corrected chi connectivity index (χ3v) is 14.5. The molecule has 6 unspecified atom stereocenters. The summed E-state index contributed by atoms with van der Waals surface area (Å²) in [6.07, 6.45) is 40.8. The molecule has 10 rings (SSSR count). The summed E-state index contributed by atoms with van der Waals surface area (Å²) in [4.78, 5) is 5.53. The molecule has 0 saturated heterocycles. The van der Waals surface area contributed by atoms with E-state index in [9.17, 15) is 0 Å². The van der Waals surface area contributed by atoms with Gasteiger partial charge in [0.1, 0.15) is 17.3 Å². The van der Waals surface area contributed by atoms with Crippen LogP contribution in [-0.4, -0.2) is 17.9 Å². The first-order chi connectivity index (χ1) is 25.2. The van der Waals surface area contributed by atoms with Gasteiger partial charge in [-0.2, -0.15) is 0 Å². The molecule has 3 nitrogen and oxygen atoms in total. The van der Waals surface area contributed by atoms with E-state index in [0.717, 1.165) is 37.9 Å². The predicted molar refractivity (Wildman–Crippen MR) is 210 cm³/mol. The molecule has 1 fully saturated rings. The average molecular weight is 677 g/mol. The maximum Gasteiger partial charge on any atom is 0.131 e. The summed E-state index contributed by atoms with van der Waals surface area (Å²) in [5.74, 6) is 5.87. The van der Waals surface area contributed by atoms with Crippen LogP contribution in [0.2, 0.25) is 0 Å². The first-order valence-corrected chi connectivity index (χ1v) is 20.9. The second kappa shape index (κ2) is 13.1. The number of aliphatic imine (C=N–C) groups is 1. The summed E-state index contributed by atoms with van der Waals surface area (Å²) in [6.45, 7) is 2.46. The Labute approximate surface area is 306 Å². The normalized spacial score (nSPS) is 34.6. The fraction of sp³-hybridized carbons (Fsp3) is 0.521. The molecule has 7 aliphatic carbocycles. The second-order valence-corrected chi connectivity index (χ2v) is 17.1. The minimum Gasteiger partial charge on any atom is -0.461 e. The number of para-hydroxylation sites is 1. The van der Waals surface area contributed by atoms with Gasteiger partial charge in [0.15, 0.2) is 0 Å². The van der Waals surface area contributed by atoms with E-state index in [2.05, 4.69) is 85.1 Å². The van der Waals surface area contributed by atoms with Gasteiger partial charge >= 0.3 is 0 Å². The Morgan fingerprint density at radius 3 is 2.55 bits per heavy atom. The van der Waals surface area contributed by atoms with Gasteiger partial charge in [0.2, 0.25) is 0 Å². The van der Waals surface area contributed by atoms with Crippen LogP contribution in [0.4, 0.5) is 0 Å². The number of allylic oxidation sites excluding steroid dienone is 13. The van der Waals surface area contributed by atoms with Gasteiger partial charge in [-0.25, -0.2) is 0 Å². The van der Waals surface area contributed by atoms with Gasteiger partial charge in [0.25, 0.3) is 0 Å². The van der Waals surface area contributed by atoms with Gasteiger partial charge in [-0.05, 0) is 140 Å². The van der Waals surface area contributed by atoms with Crippen LogP contribution in [0.3, 0.4) is 0 Å². The minimum absolute atomic E-state index is 0.0770. The molecular weight excluding hydrogens is 621 g/mol. The highest BCUT2D eigenvalue weighted by Crippen LogP contribution is 2.66. The maximum atomic E-state index is 6.77. The molecule has 1 saturated carbocycles. The zero-order chi connectivity index (χ0) is 33.9. The largest absolute Gasteiger partial charge is 0.461 e. The fourth-order valence-electron chi connectivity index (χ4n) is 12.1. The summed E-state index contributed by atoms with van der Waals surface area (Å²) in [5, 5.41) is 4.10. The van der Waals surface area contributed by atoms with Crippen molar-refractivity contribution in [2.75, 3.05) is 0 Å². The summed E-state index contributed by atoms with van der Waals surface area (Å²) < 4.78 is 6.77. The van der Waals surface area contributed by atoms with E-state index in [1.165, 1.54) is 105 Å². The van der Waals surface area contributed by atoms with Gasteiger partial charge in [-0.1, -0.05) is 93.0 Å². The van der Waals surface area contributed by atoms with Crippen molar-refractivity contribution < 1.29 is 4.74 Å². The van der Waals surface area contributed by atoms with Crippen LogP contribution in [0.5, 0.6) is 5.75 Å². The van der Waals surface area contributed by atoms with Gasteiger partial charge in [0.05, 0.1) is 17.5 Å². The number of nitrogens with one attached hydrogen (secondary N) is 1. The molecule has 1 aromatic rings. The lowest BCUT2D eigenvalue weighted by atomic mass is 9.59. The SMILES string of the molecule is CC1C(C2=CC=CCC2)N=C(C2CCCCC2)NC1C1=CCC(C2CCCC3=C2C2=C(CCC=C2)C32C3=C(CCCC3)Oc3ccccc32)C=C1. The monoisotopic (exact) mass is 676 g/mol. The van der Waals surface area contributed by atoms with Crippen LogP contribution < -0.4 is 10.1 Å². The molecule has 0 amide bonds. The molecule has 2 heterocycles. The van der Waals surface area contributed by atoms with Crippen molar-refractivity contribution in [1.29, 1.82) is 0 Å². The molecule has 9 aliphatic rings. The van der Waals surface area contributed by atoms with Gasteiger partial charge in [-0.15, -0.1) is 0 Å². The van der Waals surface area contributed by atoms with Crippen molar-refractivity contribution in [3.05, 3.63) is 123 Å². The highest BCUT2D eigenvalue weighted by atomic mass is 16.5. The molecule has 1 aromatic carbocycles. The molecule has 0 bridgehead atoms. The van der Waals surface area contributed by atoms with E-state index < -0.39 is 0 Å². The second-order valence-electron chi connectivity index (χ2n) is 17.1. The van der Waals surface area contributed by atoms with Crippen molar-refractivity contribution in [3.63, 3.8) is 0 Å². The number of fused-ring (bicyclic) bond motifs is 6. The molecule has 264 valence electrons. The molecule has 1 N–H and O–H groups in total. The van der Waals surface area contributed by atoms with Crippen LogP contribution in [0.25, 0.3) is 0 Å². The molecule has 0 aromatic heterocycles. The van der Waals surface area contributed by atoms with Crippen molar-refractivity contribution in [3.8, 4) is 5.75 Å². The van der Waals surface area contributed by atoms with Crippen LogP contribution in [0, 0.1) is 23.7 Å². The van der Waals surface area contributed by atoms with Crippen molar-refractivity contribution in [1.82, 2.24) is 5.32 Å². The lowest BCUT2D eigenvalue weighted by Gasteiger charge is -2.46. The van der Waals surface area contributed by atoms with E-state index in [0.29, 0.717) is 29.7 Å². The fourth-order valence-corrected chi connectivity index (χ4v) is 12.1. The Balaban J connectivity index is 0.995. The summed E-state index contributed by atoms with van der Waals surface area (Å²) >= 11 is 0. The Morgan fingerprint density at radius 2 is 1.69 bits per heavy atom. The minimum atomic E-state index is -0.0770. The molecule has 51 heavy (non-hydrogen) atoms. The number of hydrogen-bond donors (Lipinski definition) is 1. The number of nitrogens with zero attached hydrogens (tertiary/aromatic N) is 1. The number of benzene rings is 1. The summed E-state index contributed by atoms with van der Waals surface area (Å²) in [5.41, 5.74) is 12.8. The highest BCUT2D eigenvalue weighted by Gasteiger charge is 2.56. The third kappa shape index (κ3) is 5.14. The quantitative estimate of drug-likeness (QED) is 0.344. The summed E-state index contributed by atoms with van der Waals surface area (Å²) in [6, 6.07) is 9.73. The van der Waals surface area contributed by atoms with Gasteiger partial charge < -0.3 is 10.1 Å². The summed E-state index contributed by atoms with van der Waals surface area (Å²) in [7, 11) is 0. The first kappa shape index (κ1) is 32.1. The number of rotatable bonds is 4. The average Bonchev–Trinajstić information content (AvgIpc) is 3.50. The lowest BCUT2D eigenvalue weighted by Crippen LogP contribution is -2.52. The topological polar surface area (TPSA) is 33.6 Å². The smallest absolute Gasteiger partial charge is 0.131 e. The van der Waals surface area contributed by atoms with E-state index in [1.807, 2.05) is 0 Å². The molecule has 0 radical (unpaired) electrons. The maximum absolute atomic E-state index is 6.77. The molecule has 2 aliphatic heterocycles. The Morgan fingerprint density at radius 1 is 0.824 bits per heavy atom. The van der Waals surface area contributed by atoms with Gasteiger partial charge in [0, 0.05) is 23.8 Å². The van der Waals surface area contributed by atoms with Crippen molar-refractivity contribution >= 4 is 5.84 Å².